The Morgan fingerprint density at radius 3 is 1.19 bits per heavy atom. The summed E-state index contributed by atoms with van der Waals surface area (Å²) in [5, 5.41) is 7.33. The smallest absolute Gasteiger partial charge is 0.0627 e. The number of hydrogen-bond acceptors (Lipinski definition) is 1. The Morgan fingerprint density at radius 2 is 0.692 bits per heavy atom. The molecular weight excluding hydrogens is 629 g/mol. The Hall–Kier alpha value is -6.90. The largest absolute Gasteiger partial charge is 0.398 e. The van der Waals surface area contributed by atoms with Crippen LogP contribution in [0.1, 0.15) is 0 Å². The average molecular weight is 663 g/mol. The van der Waals surface area contributed by atoms with Crippen LogP contribution in [0.2, 0.25) is 0 Å². The van der Waals surface area contributed by atoms with Crippen LogP contribution in [0.15, 0.2) is 194 Å². The van der Waals surface area contributed by atoms with E-state index in [2.05, 4.69) is 199 Å². The summed E-state index contributed by atoms with van der Waals surface area (Å²) in [7, 11) is 0. The van der Waals surface area contributed by atoms with E-state index in [-0.39, 0.29) is 0 Å². The number of anilines is 1. The molecule has 9 aromatic carbocycles. The Kier molecular flexibility index (Phi) is 7.00. The lowest BCUT2D eigenvalue weighted by atomic mass is 9.86. The van der Waals surface area contributed by atoms with Gasteiger partial charge in [-0.1, -0.05) is 170 Å². The lowest BCUT2D eigenvalue weighted by Crippen LogP contribution is -2.00. The van der Waals surface area contributed by atoms with Gasteiger partial charge in [-0.15, -0.1) is 0 Å². The van der Waals surface area contributed by atoms with Gasteiger partial charge in [0.1, 0.15) is 0 Å². The van der Waals surface area contributed by atoms with Crippen molar-refractivity contribution in [3.63, 3.8) is 0 Å². The van der Waals surface area contributed by atoms with Crippen molar-refractivity contribution in [2.75, 3.05) is 5.73 Å². The molecule has 0 aliphatic heterocycles. The first-order valence-corrected chi connectivity index (χ1v) is 17.8. The normalized spacial score (nSPS) is 11.5. The van der Waals surface area contributed by atoms with Gasteiger partial charge in [-0.05, 0) is 79.2 Å². The molecule has 0 atom stereocenters. The molecule has 2 heteroatoms. The fraction of sp³-hybridized carbons (Fsp3) is 0. The third-order valence-corrected chi connectivity index (χ3v) is 10.5. The van der Waals surface area contributed by atoms with E-state index in [0.29, 0.717) is 0 Å². The Balaban J connectivity index is 1.25. The van der Waals surface area contributed by atoms with Crippen molar-refractivity contribution in [3.8, 4) is 50.2 Å². The number of fused-ring (bicyclic) bond motifs is 5. The maximum atomic E-state index is 7.01. The summed E-state index contributed by atoms with van der Waals surface area (Å²) in [5.41, 5.74) is 20.6. The lowest BCUT2D eigenvalue weighted by Gasteiger charge is -2.19. The molecule has 0 saturated carbocycles. The third kappa shape index (κ3) is 4.66. The van der Waals surface area contributed by atoms with Crippen molar-refractivity contribution >= 4 is 49.0 Å². The molecular formula is C50H34N2. The Labute approximate surface area is 302 Å². The van der Waals surface area contributed by atoms with Crippen LogP contribution >= 0.6 is 0 Å². The van der Waals surface area contributed by atoms with Crippen LogP contribution in [-0.2, 0) is 0 Å². The molecule has 0 aliphatic rings. The minimum absolute atomic E-state index is 0.772. The van der Waals surface area contributed by atoms with Gasteiger partial charge in [0.15, 0.2) is 0 Å². The lowest BCUT2D eigenvalue weighted by molar-refractivity contribution is 1.18. The maximum Gasteiger partial charge on any atom is 0.0627 e. The van der Waals surface area contributed by atoms with E-state index in [1.807, 2.05) is 0 Å². The zero-order valence-corrected chi connectivity index (χ0v) is 28.5. The molecule has 0 amide bonds. The van der Waals surface area contributed by atoms with Crippen molar-refractivity contribution in [1.29, 1.82) is 0 Å². The van der Waals surface area contributed by atoms with E-state index >= 15 is 0 Å². The number of nitrogens with two attached hydrogens (primary N) is 1. The maximum absolute atomic E-state index is 7.01. The molecule has 0 radical (unpaired) electrons. The number of nitrogens with zero attached hydrogens (tertiary/aromatic N) is 1. The van der Waals surface area contributed by atoms with E-state index in [9.17, 15) is 0 Å². The molecule has 10 rings (SSSR count). The molecule has 0 aliphatic carbocycles. The van der Waals surface area contributed by atoms with Crippen LogP contribution < -0.4 is 5.73 Å². The summed E-state index contributed by atoms with van der Waals surface area (Å²) in [4.78, 5) is 0. The second-order valence-corrected chi connectivity index (χ2v) is 13.5. The minimum Gasteiger partial charge on any atom is -0.398 e. The van der Waals surface area contributed by atoms with Crippen molar-refractivity contribution in [1.82, 2.24) is 4.57 Å². The second kappa shape index (κ2) is 12.2. The van der Waals surface area contributed by atoms with Crippen LogP contribution in [0.25, 0.3) is 93.5 Å². The molecule has 244 valence electrons. The number of para-hydroxylation sites is 1. The highest BCUT2D eigenvalue weighted by molar-refractivity contribution is 6.22. The number of benzene rings is 9. The highest BCUT2D eigenvalue weighted by atomic mass is 15.0. The second-order valence-electron chi connectivity index (χ2n) is 13.5. The zero-order valence-electron chi connectivity index (χ0n) is 28.5. The standard InChI is InChI=1S/C50H34N2/c51-44-32-43-38-22-14-15-27-45(38)52(50(43)49(35-20-8-3-9-21-35)48(44)34-18-6-2-7-19-34)37-30-28-36(29-31-37)47-41-25-12-10-23-39(41)46(33-16-4-1-5-17-33)40-24-11-13-26-42(40)47/h1-32H,51H2. The van der Waals surface area contributed by atoms with Crippen LogP contribution in [0, 0.1) is 0 Å². The average Bonchev–Trinajstić information content (AvgIpc) is 3.54. The SMILES string of the molecule is Nc1cc2c3ccccc3n(-c3ccc(-c4c5ccccc5c(-c5ccccc5)c5ccccc45)cc3)c2c(-c2ccccc2)c1-c1ccccc1. The number of aromatic nitrogens is 1. The monoisotopic (exact) mass is 662 g/mol. The van der Waals surface area contributed by atoms with E-state index in [1.54, 1.807) is 0 Å². The van der Waals surface area contributed by atoms with Crippen LogP contribution in [-0.4, -0.2) is 4.57 Å². The molecule has 10 aromatic rings. The highest BCUT2D eigenvalue weighted by Gasteiger charge is 2.23. The molecule has 1 aromatic heterocycles. The fourth-order valence-electron chi connectivity index (χ4n) is 8.35. The summed E-state index contributed by atoms with van der Waals surface area (Å²) in [6.45, 7) is 0. The summed E-state index contributed by atoms with van der Waals surface area (Å²) in [6.07, 6.45) is 0. The molecule has 0 bridgehead atoms. The van der Waals surface area contributed by atoms with Gasteiger partial charge in [-0.3, -0.25) is 0 Å². The van der Waals surface area contributed by atoms with E-state index in [4.69, 9.17) is 5.73 Å². The predicted octanol–water partition coefficient (Wildman–Crippen LogP) is 13.3. The zero-order chi connectivity index (χ0) is 34.6. The van der Waals surface area contributed by atoms with Gasteiger partial charge in [0.25, 0.3) is 0 Å². The van der Waals surface area contributed by atoms with Crippen molar-refractivity contribution < 1.29 is 0 Å². The van der Waals surface area contributed by atoms with Crippen molar-refractivity contribution in [2.45, 2.75) is 0 Å². The van der Waals surface area contributed by atoms with Gasteiger partial charge in [0.2, 0.25) is 0 Å². The fourth-order valence-corrected chi connectivity index (χ4v) is 8.35. The van der Waals surface area contributed by atoms with E-state index in [1.165, 1.54) is 49.2 Å². The van der Waals surface area contributed by atoms with Gasteiger partial charge >= 0.3 is 0 Å². The van der Waals surface area contributed by atoms with Crippen LogP contribution in [0.5, 0.6) is 0 Å². The van der Waals surface area contributed by atoms with Gasteiger partial charge in [-0.2, -0.15) is 0 Å². The molecule has 0 saturated heterocycles. The summed E-state index contributed by atoms with van der Waals surface area (Å²) < 4.78 is 2.43. The van der Waals surface area contributed by atoms with Gasteiger partial charge in [0, 0.05) is 33.3 Å². The quantitative estimate of drug-likeness (QED) is 0.144. The first-order valence-electron chi connectivity index (χ1n) is 17.8. The third-order valence-electron chi connectivity index (χ3n) is 10.5. The first-order chi connectivity index (χ1) is 25.8. The summed E-state index contributed by atoms with van der Waals surface area (Å²) >= 11 is 0. The number of hydrogen-bond donors (Lipinski definition) is 1. The molecule has 2 N–H and O–H groups in total. The molecule has 1 heterocycles. The minimum atomic E-state index is 0.772. The van der Waals surface area contributed by atoms with E-state index < -0.39 is 0 Å². The molecule has 0 spiro atoms. The summed E-state index contributed by atoms with van der Waals surface area (Å²) in [5.74, 6) is 0. The number of nitrogen functional groups attached to an aromatic ring is 1. The van der Waals surface area contributed by atoms with Gasteiger partial charge in [0.05, 0.1) is 11.0 Å². The number of rotatable bonds is 5. The van der Waals surface area contributed by atoms with Gasteiger partial charge < -0.3 is 10.3 Å². The van der Waals surface area contributed by atoms with E-state index in [0.717, 1.165) is 50.0 Å². The highest BCUT2D eigenvalue weighted by Crippen LogP contribution is 2.47. The van der Waals surface area contributed by atoms with Gasteiger partial charge in [-0.25, -0.2) is 0 Å². The topological polar surface area (TPSA) is 30.9 Å². The molecule has 52 heavy (non-hydrogen) atoms. The van der Waals surface area contributed by atoms with Crippen LogP contribution in [0.3, 0.4) is 0 Å². The summed E-state index contributed by atoms with van der Waals surface area (Å²) in [6, 6.07) is 69.7. The first kappa shape index (κ1) is 30.0. The molecule has 0 unspecified atom stereocenters. The Morgan fingerprint density at radius 1 is 0.308 bits per heavy atom. The molecule has 0 fully saturated rings. The molecule has 2 nitrogen and oxygen atoms in total. The van der Waals surface area contributed by atoms with Crippen molar-refractivity contribution in [3.05, 3.63) is 194 Å². The predicted molar refractivity (Wildman–Crippen MR) is 222 cm³/mol. The van der Waals surface area contributed by atoms with Crippen LogP contribution in [0.4, 0.5) is 5.69 Å². The Bertz CT molecular complexity index is 2870. The van der Waals surface area contributed by atoms with Crippen molar-refractivity contribution in [2.24, 2.45) is 0 Å².